The summed E-state index contributed by atoms with van der Waals surface area (Å²) in [7, 11) is 0. The lowest BCUT2D eigenvalue weighted by atomic mass is 9.64. The number of hydrogen-bond acceptors (Lipinski definition) is 6. The van der Waals surface area contributed by atoms with Crippen LogP contribution >= 0.6 is 0 Å². The Morgan fingerprint density at radius 1 is 1.04 bits per heavy atom. The maximum absolute atomic E-state index is 15.2. The van der Waals surface area contributed by atoms with Crippen LogP contribution in [0.3, 0.4) is 0 Å². The van der Waals surface area contributed by atoms with Crippen molar-refractivity contribution < 1.29 is 29.0 Å². The van der Waals surface area contributed by atoms with Gasteiger partial charge in [0.1, 0.15) is 17.4 Å². The molecule has 49 heavy (non-hydrogen) atoms. The molecule has 3 aliphatic rings. The van der Waals surface area contributed by atoms with Gasteiger partial charge in [-0.15, -0.1) is 13.2 Å². The quantitative estimate of drug-likeness (QED) is 0.233. The number of ether oxygens (including phenoxy) is 2. The van der Waals surface area contributed by atoms with E-state index in [0.717, 1.165) is 16.8 Å². The molecule has 2 aromatic rings. The second kappa shape index (κ2) is 14.5. The van der Waals surface area contributed by atoms with E-state index >= 15 is 9.59 Å². The highest BCUT2D eigenvalue weighted by Gasteiger charge is 2.79. The van der Waals surface area contributed by atoms with Crippen LogP contribution in [0.5, 0.6) is 5.75 Å². The number of rotatable bonds is 15. The molecule has 3 fully saturated rings. The molecule has 264 valence electrons. The Kier molecular flexibility index (Phi) is 10.7. The molecule has 0 aliphatic carbocycles. The predicted octanol–water partition coefficient (Wildman–Crippen LogP) is 6.00. The van der Waals surface area contributed by atoms with Crippen LogP contribution in [-0.2, 0) is 19.1 Å². The van der Waals surface area contributed by atoms with Gasteiger partial charge in [-0.1, -0.05) is 51.5 Å². The van der Waals surface area contributed by atoms with Crippen molar-refractivity contribution in [2.24, 2.45) is 17.8 Å². The number of benzene rings is 2. The summed E-state index contributed by atoms with van der Waals surface area (Å²) in [5.74, 6) is -1.99. The lowest BCUT2D eigenvalue weighted by Crippen LogP contribution is -2.60. The molecule has 2 aromatic carbocycles. The summed E-state index contributed by atoms with van der Waals surface area (Å²) in [6, 6.07) is 11.6. The first kappa shape index (κ1) is 36.3. The van der Waals surface area contributed by atoms with Gasteiger partial charge in [-0.2, -0.15) is 0 Å². The number of nitrogens with zero attached hydrogens (tertiary/aromatic N) is 3. The monoisotopic (exact) mass is 671 g/mol. The van der Waals surface area contributed by atoms with Crippen molar-refractivity contribution in [2.45, 2.75) is 90.5 Å². The van der Waals surface area contributed by atoms with Crippen molar-refractivity contribution in [3.05, 3.63) is 78.9 Å². The van der Waals surface area contributed by atoms with E-state index in [-0.39, 0.29) is 43.3 Å². The Bertz CT molecular complexity index is 1570. The van der Waals surface area contributed by atoms with Gasteiger partial charge in [-0.3, -0.25) is 14.4 Å². The highest BCUT2D eigenvalue weighted by molar-refractivity contribution is 6.07. The summed E-state index contributed by atoms with van der Waals surface area (Å²) in [5, 5.41) is 10.8. The van der Waals surface area contributed by atoms with Gasteiger partial charge >= 0.3 is 0 Å². The Hall–Kier alpha value is -3.95. The van der Waals surface area contributed by atoms with Crippen LogP contribution in [0.2, 0.25) is 0 Å². The third-order valence-electron chi connectivity index (χ3n) is 11.2. The van der Waals surface area contributed by atoms with Gasteiger partial charge in [0.25, 0.3) is 5.91 Å². The molecule has 9 nitrogen and oxygen atoms in total. The molecule has 3 heterocycles. The van der Waals surface area contributed by atoms with Crippen molar-refractivity contribution in [1.29, 1.82) is 0 Å². The summed E-state index contributed by atoms with van der Waals surface area (Å²) >= 11 is 0. The molecular formula is C40H53N3O6. The number of carbonyl (C=O) groups excluding carboxylic acids is 3. The highest BCUT2D eigenvalue weighted by atomic mass is 16.5. The predicted molar refractivity (Wildman–Crippen MR) is 193 cm³/mol. The van der Waals surface area contributed by atoms with Crippen molar-refractivity contribution in [3.8, 4) is 5.75 Å². The lowest BCUT2D eigenvalue weighted by Gasteiger charge is -2.41. The normalized spacial score (nSPS) is 26.6. The van der Waals surface area contributed by atoms with Gasteiger partial charge in [0.2, 0.25) is 11.8 Å². The lowest BCUT2D eigenvalue weighted by molar-refractivity contribution is -0.150. The number of aliphatic hydroxyl groups excluding tert-OH is 1. The fraction of sp³-hybridized carbons (Fsp3) is 0.525. The van der Waals surface area contributed by atoms with Crippen LogP contribution in [0.1, 0.15) is 64.5 Å². The third kappa shape index (κ3) is 5.99. The molecule has 2 unspecified atom stereocenters. The van der Waals surface area contributed by atoms with Gasteiger partial charge in [0.05, 0.1) is 36.7 Å². The van der Waals surface area contributed by atoms with Crippen molar-refractivity contribution >= 4 is 29.1 Å². The third-order valence-corrected chi connectivity index (χ3v) is 11.2. The summed E-state index contributed by atoms with van der Waals surface area (Å²) in [4.78, 5) is 50.2. The van der Waals surface area contributed by atoms with E-state index in [9.17, 15) is 9.90 Å². The SMILES string of the molecule is C=CCN(C(=O)[C@H]1[C@H]2C(=O)N([C@@H](CO)[C@@H](C)CC)C(C(=O)N(CC=C)c3cc(C)ccc3C)C23CC[C@]1(CC)O3)c1ccc(OCC)cc1. The number of fused-ring (bicyclic) bond motifs is 1. The van der Waals surface area contributed by atoms with Crippen molar-refractivity contribution in [3.63, 3.8) is 0 Å². The van der Waals surface area contributed by atoms with E-state index in [1.807, 2.05) is 84.0 Å². The number of hydrogen-bond donors (Lipinski definition) is 1. The second-order valence-corrected chi connectivity index (χ2v) is 13.9. The molecule has 0 saturated carbocycles. The van der Waals surface area contributed by atoms with Crippen molar-refractivity contribution in [2.75, 3.05) is 36.1 Å². The van der Waals surface area contributed by atoms with Crippen LogP contribution < -0.4 is 14.5 Å². The molecule has 3 saturated heterocycles. The number of anilines is 2. The zero-order valence-electron chi connectivity index (χ0n) is 30.0. The molecular weight excluding hydrogens is 618 g/mol. The zero-order valence-corrected chi connectivity index (χ0v) is 30.0. The minimum atomic E-state index is -1.25. The van der Waals surface area contributed by atoms with Crippen LogP contribution in [0.4, 0.5) is 11.4 Å². The standard InChI is InChI=1S/C40H53N3O6/c1-9-22-41(29-16-18-30(19-17-29)48-13-5)36(45)33-34-37(46)43(32(25-44)27(7)11-3)35(40(34)21-20-39(33,12-4)49-40)38(47)42(23-10-2)31-24-26(6)14-15-28(31)8/h9-10,14-19,24,27,32-35,44H,1-2,11-13,20-23,25H2,3-8H3/t27-,32-,33+,34-,35?,39-,40?/m0/s1. The minimum Gasteiger partial charge on any atom is -0.494 e. The summed E-state index contributed by atoms with van der Waals surface area (Å²) in [6.45, 7) is 20.4. The topological polar surface area (TPSA) is 99.6 Å². The first-order valence-corrected chi connectivity index (χ1v) is 17.8. The zero-order chi connectivity index (χ0) is 35.7. The fourth-order valence-electron chi connectivity index (χ4n) is 8.58. The molecule has 9 heteroatoms. The number of carbonyl (C=O) groups is 3. The Labute approximate surface area is 291 Å². The number of amides is 3. The number of aryl methyl sites for hydroxylation is 2. The van der Waals surface area contributed by atoms with Crippen LogP contribution in [-0.4, -0.2) is 77.3 Å². The largest absolute Gasteiger partial charge is 0.494 e. The van der Waals surface area contributed by atoms with Gasteiger partial charge in [-0.05, 0) is 87.4 Å². The first-order valence-electron chi connectivity index (χ1n) is 17.8. The van der Waals surface area contributed by atoms with Crippen LogP contribution in [0.15, 0.2) is 67.8 Å². The smallest absolute Gasteiger partial charge is 0.253 e. The average molecular weight is 672 g/mol. The maximum atomic E-state index is 15.2. The summed E-state index contributed by atoms with van der Waals surface area (Å²) < 4.78 is 12.8. The highest BCUT2D eigenvalue weighted by Crippen LogP contribution is 2.65. The molecule has 1 N–H and O–H groups in total. The Morgan fingerprint density at radius 2 is 1.71 bits per heavy atom. The van der Waals surface area contributed by atoms with Crippen LogP contribution in [0.25, 0.3) is 0 Å². The fourth-order valence-corrected chi connectivity index (χ4v) is 8.58. The Morgan fingerprint density at radius 3 is 2.31 bits per heavy atom. The van der Waals surface area contributed by atoms with Gasteiger partial charge in [0.15, 0.2) is 0 Å². The van der Waals surface area contributed by atoms with E-state index in [0.29, 0.717) is 43.7 Å². The number of likely N-dealkylation sites (tertiary alicyclic amines) is 1. The van der Waals surface area contributed by atoms with Crippen LogP contribution in [0, 0.1) is 31.6 Å². The molecule has 3 amide bonds. The molecule has 1 spiro atoms. The van der Waals surface area contributed by atoms with Gasteiger partial charge < -0.3 is 29.3 Å². The van der Waals surface area contributed by atoms with Crippen molar-refractivity contribution in [1.82, 2.24) is 4.90 Å². The molecule has 3 aliphatic heterocycles. The van der Waals surface area contributed by atoms with E-state index in [1.165, 1.54) is 0 Å². The van der Waals surface area contributed by atoms with E-state index in [4.69, 9.17) is 9.47 Å². The molecule has 0 aromatic heterocycles. The van der Waals surface area contributed by atoms with E-state index < -0.39 is 35.1 Å². The average Bonchev–Trinajstić information content (AvgIpc) is 3.71. The van der Waals surface area contributed by atoms with E-state index in [2.05, 4.69) is 13.2 Å². The number of aliphatic hydroxyl groups is 1. The summed E-state index contributed by atoms with van der Waals surface area (Å²) in [6.07, 6.45) is 5.53. The minimum absolute atomic E-state index is 0.111. The molecule has 5 rings (SSSR count). The first-order chi connectivity index (χ1) is 23.5. The molecule has 2 bridgehead atoms. The molecule has 7 atom stereocenters. The van der Waals surface area contributed by atoms with E-state index in [1.54, 1.807) is 26.9 Å². The Balaban J connectivity index is 1.66. The maximum Gasteiger partial charge on any atom is 0.253 e. The van der Waals surface area contributed by atoms with Gasteiger partial charge in [-0.25, -0.2) is 0 Å². The second-order valence-electron chi connectivity index (χ2n) is 13.9. The van der Waals surface area contributed by atoms with Gasteiger partial charge in [0, 0.05) is 24.5 Å². The summed E-state index contributed by atoms with van der Waals surface area (Å²) in [5.41, 5.74) is 1.12. The molecule has 0 radical (unpaired) electrons.